The standard InChI is InChI=1S/C18H18ClNO2/c19-16-8-4-7-15(11-16)18(21)22-17-9-10-20(13-17)12-14-5-2-1-3-6-14/h1-8,11,17H,9-10,12-13H2/t17-/m1/s1. The summed E-state index contributed by atoms with van der Waals surface area (Å²) >= 11 is 5.90. The first-order valence-corrected chi connectivity index (χ1v) is 7.81. The molecule has 0 N–H and O–H groups in total. The first kappa shape index (κ1) is 15.1. The predicted molar refractivity (Wildman–Crippen MR) is 87.0 cm³/mol. The van der Waals surface area contributed by atoms with Crippen molar-refractivity contribution in [2.24, 2.45) is 0 Å². The van der Waals surface area contributed by atoms with Crippen molar-refractivity contribution in [1.82, 2.24) is 4.90 Å². The average Bonchev–Trinajstić information content (AvgIpc) is 2.95. The van der Waals surface area contributed by atoms with Gasteiger partial charge in [-0.2, -0.15) is 0 Å². The van der Waals surface area contributed by atoms with Crippen molar-refractivity contribution in [1.29, 1.82) is 0 Å². The van der Waals surface area contributed by atoms with Gasteiger partial charge in [0.2, 0.25) is 0 Å². The quantitative estimate of drug-likeness (QED) is 0.804. The number of halogens is 1. The average molecular weight is 316 g/mol. The summed E-state index contributed by atoms with van der Waals surface area (Å²) in [5.74, 6) is -0.297. The van der Waals surface area contributed by atoms with Crippen LogP contribution in [0.1, 0.15) is 22.3 Å². The molecule has 2 aromatic carbocycles. The second kappa shape index (κ2) is 6.95. The van der Waals surface area contributed by atoms with E-state index in [1.165, 1.54) is 5.56 Å². The number of ether oxygens (including phenoxy) is 1. The molecule has 0 aromatic heterocycles. The molecule has 1 atom stereocenters. The number of hydrogen-bond donors (Lipinski definition) is 0. The molecule has 1 aliphatic heterocycles. The highest BCUT2D eigenvalue weighted by Crippen LogP contribution is 2.18. The Morgan fingerprint density at radius 2 is 2.00 bits per heavy atom. The van der Waals surface area contributed by atoms with Crippen LogP contribution in [0, 0.1) is 0 Å². The maximum atomic E-state index is 12.1. The highest BCUT2D eigenvalue weighted by molar-refractivity contribution is 6.30. The van der Waals surface area contributed by atoms with Gasteiger partial charge in [-0.25, -0.2) is 4.79 Å². The highest BCUT2D eigenvalue weighted by atomic mass is 35.5. The minimum absolute atomic E-state index is 0.0461. The van der Waals surface area contributed by atoms with Crippen LogP contribution in [0.4, 0.5) is 0 Å². The van der Waals surface area contributed by atoms with Crippen LogP contribution in [0.15, 0.2) is 54.6 Å². The molecule has 1 aliphatic rings. The third kappa shape index (κ3) is 3.87. The molecule has 0 unspecified atom stereocenters. The Bertz CT molecular complexity index is 645. The van der Waals surface area contributed by atoms with E-state index in [0.717, 1.165) is 26.1 Å². The van der Waals surface area contributed by atoms with Gasteiger partial charge in [0.05, 0.1) is 5.56 Å². The van der Waals surface area contributed by atoms with E-state index in [4.69, 9.17) is 16.3 Å². The molecule has 1 fully saturated rings. The van der Waals surface area contributed by atoms with Crippen molar-refractivity contribution in [3.63, 3.8) is 0 Å². The zero-order valence-corrected chi connectivity index (χ0v) is 13.0. The first-order valence-electron chi connectivity index (χ1n) is 7.43. The van der Waals surface area contributed by atoms with E-state index in [2.05, 4.69) is 17.0 Å². The van der Waals surface area contributed by atoms with Crippen LogP contribution in [0.25, 0.3) is 0 Å². The van der Waals surface area contributed by atoms with Gasteiger partial charge in [-0.1, -0.05) is 48.0 Å². The fraction of sp³-hybridized carbons (Fsp3) is 0.278. The topological polar surface area (TPSA) is 29.5 Å². The Hall–Kier alpha value is -1.84. The second-order valence-electron chi connectivity index (χ2n) is 5.55. The number of nitrogens with zero attached hydrogens (tertiary/aromatic N) is 1. The first-order chi connectivity index (χ1) is 10.7. The van der Waals surface area contributed by atoms with E-state index in [-0.39, 0.29) is 12.1 Å². The van der Waals surface area contributed by atoms with E-state index in [9.17, 15) is 4.79 Å². The fourth-order valence-electron chi connectivity index (χ4n) is 2.71. The van der Waals surface area contributed by atoms with Crippen molar-refractivity contribution in [3.05, 3.63) is 70.7 Å². The largest absolute Gasteiger partial charge is 0.457 e. The van der Waals surface area contributed by atoms with Crippen LogP contribution in [0.3, 0.4) is 0 Å². The van der Waals surface area contributed by atoms with Crippen LogP contribution >= 0.6 is 11.6 Å². The third-order valence-electron chi connectivity index (χ3n) is 3.81. The summed E-state index contributed by atoms with van der Waals surface area (Å²) in [7, 11) is 0. The van der Waals surface area contributed by atoms with E-state index >= 15 is 0 Å². The smallest absolute Gasteiger partial charge is 0.338 e. The van der Waals surface area contributed by atoms with Gasteiger partial charge in [-0.15, -0.1) is 0 Å². The fourth-order valence-corrected chi connectivity index (χ4v) is 2.90. The molecule has 1 heterocycles. The van der Waals surface area contributed by atoms with Crippen LogP contribution in [-0.2, 0) is 11.3 Å². The van der Waals surface area contributed by atoms with Crippen molar-refractivity contribution < 1.29 is 9.53 Å². The Labute approximate surface area is 135 Å². The van der Waals surface area contributed by atoms with E-state index in [0.29, 0.717) is 10.6 Å². The molecule has 4 heteroatoms. The van der Waals surface area contributed by atoms with Crippen molar-refractivity contribution >= 4 is 17.6 Å². The summed E-state index contributed by atoms with van der Waals surface area (Å²) in [5.41, 5.74) is 1.79. The Morgan fingerprint density at radius 1 is 1.18 bits per heavy atom. The normalized spacial score (nSPS) is 18.3. The molecule has 0 spiro atoms. The summed E-state index contributed by atoms with van der Waals surface area (Å²) in [6.45, 7) is 2.62. The lowest BCUT2D eigenvalue weighted by atomic mass is 10.2. The van der Waals surface area contributed by atoms with E-state index in [1.54, 1.807) is 24.3 Å². The molecule has 0 amide bonds. The number of rotatable bonds is 4. The van der Waals surface area contributed by atoms with Crippen LogP contribution < -0.4 is 0 Å². The summed E-state index contributed by atoms with van der Waals surface area (Å²) in [4.78, 5) is 14.4. The highest BCUT2D eigenvalue weighted by Gasteiger charge is 2.26. The summed E-state index contributed by atoms with van der Waals surface area (Å²) in [6.07, 6.45) is 0.828. The van der Waals surface area contributed by atoms with E-state index in [1.807, 2.05) is 18.2 Å². The molecule has 1 saturated heterocycles. The lowest BCUT2D eigenvalue weighted by molar-refractivity contribution is 0.0320. The molecule has 0 saturated carbocycles. The summed E-state index contributed by atoms with van der Waals surface area (Å²) in [6, 6.07) is 17.2. The van der Waals surface area contributed by atoms with Gasteiger partial charge in [0.25, 0.3) is 0 Å². The maximum absolute atomic E-state index is 12.1. The Balaban J connectivity index is 1.54. The zero-order chi connectivity index (χ0) is 15.4. The molecular weight excluding hydrogens is 298 g/mol. The number of hydrogen-bond acceptors (Lipinski definition) is 3. The lowest BCUT2D eigenvalue weighted by Crippen LogP contribution is -2.24. The van der Waals surface area contributed by atoms with Gasteiger partial charge in [-0.05, 0) is 30.2 Å². The Kier molecular flexibility index (Phi) is 4.76. The molecule has 0 aliphatic carbocycles. The second-order valence-corrected chi connectivity index (χ2v) is 5.98. The number of carbonyl (C=O) groups excluding carboxylic acids is 1. The summed E-state index contributed by atoms with van der Waals surface area (Å²) in [5, 5.41) is 0.548. The van der Waals surface area contributed by atoms with Crippen LogP contribution in [-0.4, -0.2) is 30.1 Å². The van der Waals surface area contributed by atoms with Gasteiger partial charge >= 0.3 is 5.97 Å². The van der Waals surface area contributed by atoms with Crippen LogP contribution in [0.5, 0.6) is 0 Å². The number of esters is 1. The molecule has 3 nitrogen and oxygen atoms in total. The van der Waals surface area contributed by atoms with Gasteiger partial charge in [-0.3, -0.25) is 4.90 Å². The van der Waals surface area contributed by atoms with Gasteiger partial charge < -0.3 is 4.74 Å². The number of carbonyl (C=O) groups is 1. The summed E-state index contributed by atoms with van der Waals surface area (Å²) < 4.78 is 5.58. The van der Waals surface area contributed by atoms with Crippen molar-refractivity contribution in [2.75, 3.05) is 13.1 Å². The van der Waals surface area contributed by atoms with Crippen LogP contribution in [0.2, 0.25) is 5.02 Å². The minimum Gasteiger partial charge on any atom is -0.457 e. The van der Waals surface area contributed by atoms with Gasteiger partial charge in [0, 0.05) is 24.7 Å². The van der Waals surface area contributed by atoms with E-state index < -0.39 is 0 Å². The lowest BCUT2D eigenvalue weighted by Gasteiger charge is -2.16. The number of likely N-dealkylation sites (tertiary alicyclic amines) is 1. The molecule has 0 radical (unpaired) electrons. The maximum Gasteiger partial charge on any atom is 0.338 e. The molecule has 114 valence electrons. The monoisotopic (exact) mass is 315 g/mol. The van der Waals surface area contributed by atoms with Gasteiger partial charge in [0.15, 0.2) is 0 Å². The van der Waals surface area contributed by atoms with Crippen molar-refractivity contribution in [3.8, 4) is 0 Å². The molecule has 3 rings (SSSR count). The van der Waals surface area contributed by atoms with Crippen molar-refractivity contribution in [2.45, 2.75) is 19.1 Å². The SMILES string of the molecule is O=C(O[C@@H]1CCN(Cc2ccccc2)C1)c1cccc(Cl)c1. The molecule has 22 heavy (non-hydrogen) atoms. The molecule has 0 bridgehead atoms. The minimum atomic E-state index is -0.297. The predicted octanol–water partition coefficient (Wildman–Crippen LogP) is 3.77. The van der Waals surface area contributed by atoms with Gasteiger partial charge in [0.1, 0.15) is 6.10 Å². The Morgan fingerprint density at radius 3 is 2.77 bits per heavy atom. The zero-order valence-electron chi connectivity index (χ0n) is 12.2. The molecular formula is C18H18ClNO2. The number of benzene rings is 2. The molecule has 2 aromatic rings. The third-order valence-corrected chi connectivity index (χ3v) is 4.05.